The summed E-state index contributed by atoms with van der Waals surface area (Å²) in [7, 11) is 0. The van der Waals surface area contributed by atoms with Crippen molar-refractivity contribution in [2.45, 2.75) is 19.5 Å². The van der Waals surface area contributed by atoms with Gasteiger partial charge in [-0.2, -0.15) is 5.10 Å². The zero-order chi connectivity index (χ0) is 19.1. The summed E-state index contributed by atoms with van der Waals surface area (Å²) in [4.78, 5) is 27.4. The van der Waals surface area contributed by atoms with Gasteiger partial charge in [-0.1, -0.05) is 12.1 Å². The van der Waals surface area contributed by atoms with Crippen molar-refractivity contribution in [1.29, 1.82) is 0 Å². The molecule has 2 N–H and O–H groups in total. The van der Waals surface area contributed by atoms with Crippen LogP contribution in [0.3, 0.4) is 0 Å². The Bertz CT molecular complexity index is 883. The third-order valence-corrected chi connectivity index (χ3v) is 5.66. The van der Waals surface area contributed by atoms with Gasteiger partial charge in [0.1, 0.15) is 11.5 Å². The first-order valence-electron chi connectivity index (χ1n) is 8.94. The normalized spacial score (nSPS) is 25.0. The number of halogens is 1. The molecule has 1 aromatic heterocycles. The maximum atomic E-state index is 13.8. The molecule has 0 spiro atoms. The molecule has 1 aromatic carbocycles. The number of carbonyl (C=O) groups excluding carboxylic acids is 1. The lowest BCUT2D eigenvalue weighted by Gasteiger charge is -2.29. The van der Waals surface area contributed by atoms with Crippen molar-refractivity contribution in [1.82, 2.24) is 20.0 Å². The molecule has 4 rings (SSSR count). The van der Waals surface area contributed by atoms with Crippen LogP contribution in [0.4, 0.5) is 4.39 Å². The lowest BCUT2D eigenvalue weighted by Crippen LogP contribution is -2.34. The lowest BCUT2D eigenvalue weighted by atomic mass is 9.89. The van der Waals surface area contributed by atoms with Gasteiger partial charge in [-0.15, -0.1) is 0 Å². The SMILES string of the molecule is CC(=O)N1C[C@H]2CN(Cc3cn[nH]c3C(=O)O)C[C@H]2[C@@H]1c1cccc(F)c1. The maximum Gasteiger partial charge on any atom is 0.354 e. The van der Waals surface area contributed by atoms with Crippen LogP contribution in [0.15, 0.2) is 30.5 Å². The predicted octanol–water partition coefficient (Wildman–Crippen LogP) is 1.90. The first-order chi connectivity index (χ1) is 12.9. The van der Waals surface area contributed by atoms with Gasteiger partial charge in [0.2, 0.25) is 5.91 Å². The Hall–Kier alpha value is -2.74. The van der Waals surface area contributed by atoms with Crippen LogP contribution >= 0.6 is 0 Å². The van der Waals surface area contributed by atoms with Gasteiger partial charge >= 0.3 is 5.97 Å². The Morgan fingerprint density at radius 2 is 2.15 bits per heavy atom. The maximum absolute atomic E-state index is 13.8. The molecular weight excluding hydrogens is 351 g/mol. The molecular formula is C19H21FN4O3. The third-order valence-electron chi connectivity index (χ3n) is 5.66. The molecule has 8 heteroatoms. The molecule has 2 aromatic rings. The smallest absolute Gasteiger partial charge is 0.354 e. The highest BCUT2D eigenvalue weighted by atomic mass is 19.1. The van der Waals surface area contributed by atoms with Crippen LogP contribution in [0.5, 0.6) is 0 Å². The summed E-state index contributed by atoms with van der Waals surface area (Å²) in [5, 5.41) is 15.6. The van der Waals surface area contributed by atoms with Crippen LogP contribution in [-0.2, 0) is 11.3 Å². The zero-order valence-electron chi connectivity index (χ0n) is 14.9. The van der Waals surface area contributed by atoms with E-state index in [0.29, 0.717) is 18.7 Å². The second kappa shape index (κ2) is 6.77. The Labute approximate surface area is 155 Å². The number of rotatable bonds is 4. The quantitative estimate of drug-likeness (QED) is 0.856. The summed E-state index contributed by atoms with van der Waals surface area (Å²) in [5.41, 5.74) is 1.57. The fourth-order valence-electron chi connectivity index (χ4n) is 4.57. The number of carbonyl (C=O) groups is 2. The number of nitrogens with one attached hydrogen (secondary N) is 1. The lowest BCUT2D eigenvalue weighted by molar-refractivity contribution is -0.130. The molecule has 0 saturated carbocycles. The van der Waals surface area contributed by atoms with E-state index in [1.165, 1.54) is 12.1 Å². The fraction of sp³-hybridized carbons (Fsp3) is 0.421. The van der Waals surface area contributed by atoms with Crippen molar-refractivity contribution in [2.75, 3.05) is 19.6 Å². The standard InChI is InChI=1S/C19H21FN4O3/c1-11(25)24-9-14-8-23(7-13-6-21-22-17(13)19(26)27)10-16(14)18(24)12-3-2-4-15(20)5-12/h2-6,14,16,18H,7-10H2,1H3,(H,21,22)(H,26,27)/t14-,16-,18+/m1/s1. The Kier molecular flexibility index (Phi) is 4.43. The minimum Gasteiger partial charge on any atom is -0.477 e. The van der Waals surface area contributed by atoms with Gasteiger partial charge in [0, 0.05) is 44.6 Å². The molecule has 27 heavy (non-hydrogen) atoms. The van der Waals surface area contributed by atoms with Gasteiger partial charge in [-0.3, -0.25) is 14.8 Å². The monoisotopic (exact) mass is 372 g/mol. The first-order valence-corrected chi connectivity index (χ1v) is 8.94. The second-order valence-electron chi connectivity index (χ2n) is 7.36. The van der Waals surface area contributed by atoms with Gasteiger partial charge in [-0.05, 0) is 23.6 Å². The molecule has 2 aliphatic rings. The van der Waals surface area contributed by atoms with Crippen LogP contribution in [0, 0.1) is 17.7 Å². The van der Waals surface area contributed by atoms with Crippen molar-refractivity contribution in [3.63, 3.8) is 0 Å². The van der Waals surface area contributed by atoms with Gasteiger partial charge in [0.05, 0.1) is 12.2 Å². The number of aromatic carboxylic acids is 1. The molecule has 0 radical (unpaired) electrons. The average Bonchev–Trinajstić information content (AvgIpc) is 3.28. The molecule has 3 heterocycles. The van der Waals surface area contributed by atoms with E-state index >= 15 is 0 Å². The van der Waals surface area contributed by atoms with Crippen LogP contribution in [-0.4, -0.2) is 56.6 Å². The summed E-state index contributed by atoms with van der Waals surface area (Å²) in [6.45, 7) is 4.16. The summed E-state index contributed by atoms with van der Waals surface area (Å²) in [6, 6.07) is 6.29. The number of carboxylic acids is 1. The number of nitrogens with zero attached hydrogens (tertiary/aromatic N) is 3. The molecule has 0 bridgehead atoms. The number of likely N-dealkylation sites (tertiary alicyclic amines) is 2. The number of hydrogen-bond donors (Lipinski definition) is 2. The van der Waals surface area contributed by atoms with Crippen molar-refractivity contribution in [3.8, 4) is 0 Å². The van der Waals surface area contributed by atoms with Gasteiger partial charge in [0.15, 0.2) is 0 Å². The van der Waals surface area contributed by atoms with E-state index in [9.17, 15) is 19.1 Å². The van der Waals surface area contributed by atoms with E-state index in [2.05, 4.69) is 15.1 Å². The number of aromatic amines is 1. The number of amides is 1. The third kappa shape index (κ3) is 3.21. The molecule has 1 amide bonds. The van der Waals surface area contributed by atoms with Crippen LogP contribution in [0.25, 0.3) is 0 Å². The van der Waals surface area contributed by atoms with E-state index < -0.39 is 5.97 Å². The van der Waals surface area contributed by atoms with Gasteiger partial charge in [0.25, 0.3) is 0 Å². The zero-order valence-corrected chi connectivity index (χ0v) is 14.9. The molecule has 0 aliphatic carbocycles. The summed E-state index contributed by atoms with van der Waals surface area (Å²) >= 11 is 0. The van der Waals surface area contributed by atoms with E-state index in [4.69, 9.17) is 0 Å². The highest BCUT2D eigenvalue weighted by Gasteiger charge is 2.48. The largest absolute Gasteiger partial charge is 0.477 e. The van der Waals surface area contributed by atoms with Crippen molar-refractivity contribution >= 4 is 11.9 Å². The number of aromatic nitrogens is 2. The molecule has 2 saturated heterocycles. The number of H-pyrrole nitrogens is 1. The van der Waals surface area contributed by atoms with E-state index in [-0.39, 0.29) is 35.3 Å². The Balaban J connectivity index is 1.56. The van der Waals surface area contributed by atoms with Crippen LogP contribution in [0.1, 0.15) is 34.6 Å². The molecule has 0 unspecified atom stereocenters. The molecule has 2 aliphatic heterocycles. The fourth-order valence-corrected chi connectivity index (χ4v) is 4.57. The number of benzene rings is 1. The Morgan fingerprint density at radius 3 is 2.85 bits per heavy atom. The highest BCUT2D eigenvalue weighted by Crippen LogP contribution is 2.45. The molecule has 3 atom stereocenters. The van der Waals surface area contributed by atoms with Gasteiger partial charge in [-0.25, -0.2) is 9.18 Å². The number of carboxylic acid groups (broad SMARTS) is 1. The number of hydrogen-bond acceptors (Lipinski definition) is 4. The van der Waals surface area contributed by atoms with Crippen LogP contribution in [0.2, 0.25) is 0 Å². The number of fused-ring (bicyclic) bond motifs is 1. The summed E-state index contributed by atoms with van der Waals surface area (Å²) < 4.78 is 13.8. The minimum atomic E-state index is -1.03. The highest BCUT2D eigenvalue weighted by molar-refractivity contribution is 5.86. The molecule has 2 fully saturated rings. The molecule has 142 valence electrons. The second-order valence-corrected chi connectivity index (χ2v) is 7.36. The minimum absolute atomic E-state index is 0.00629. The topological polar surface area (TPSA) is 89.5 Å². The van der Waals surface area contributed by atoms with E-state index in [0.717, 1.165) is 18.7 Å². The summed E-state index contributed by atoms with van der Waals surface area (Å²) in [6.07, 6.45) is 1.55. The molecule has 7 nitrogen and oxygen atoms in total. The Morgan fingerprint density at radius 1 is 1.33 bits per heavy atom. The van der Waals surface area contributed by atoms with E-state index in [1.54, 1.807) is 19.2 Å². The first kappa shape index (κ1) is 17.7. The van der Waals surface area contributed by atoms with Crippen molar-refractivity contribution < 1.29 is 19.1 Å². The van der Waals surface area contributed by atoms with E-state index in [1.807, 2.05) is 11.0 Å². The predicted molar refractivity (Wildman–Crippen MR) is 94.3 cm³/mol. The van der Waals surface area contributed by atoms with Crippen molar-refractivity contribution in [3.05, 3.63) is 53.1 Å². The van der Waals surface area contributed by atoms with Gasteiger partial charge < -0.3 is 10.0 Å². The summed E-state index contributed by atoms with van der Waals surface area (Å²) in [5.74, 6) is -0.868. The average molecular weight is 372 g/mol. The van der Waals surface area contributed by atoms with Crippen molar-refractivity contribution in [2.24, 2.45) is 11.8 Å². The van der Waals surface area contributed by atoms with Crippen LogP contribution < -0.4 is 0 Å².